The molecule has 0 N–H and O–H groups in total. The van der Waals surface area contributed by atoms with Crippen molar-refractivity contribution in [2.45, 2.75) is 6.42 Å². The average Bonchev–Trinajstić information content (AvgIpc) is 2.88. The van der Waals surface area contributed by atoms with Crippen LogP contribution in [0.5, 0.6) is 0 Å². The maximum absolute atomic E-state index is 11.9. The molecule has 0 bridgehead atoms. The molecule has 0 aliphatic rings. The molecule has 0 saturated carbocycles. The molecule has 1 atom stereocenters. The highest BCUT2D eigenvalue weighted by Crippen LogP contribution is 2.06. The van der Waals surface area contributed by atoms with Crippen molar-refractivity contribution >= 4 is 33.9 Å². The zero-order chi connectivity index (χ0) is 14.9. The summed E-state index contributed by atoms with van der Waals surface area (Å²) >= 11 is 3.62. The van der Waals surface area contributed by atoms with E-state index in [0.29, 0.717) is 12.3 Å². The third kappa shape index (κ3) is 2.56. The van der Waals surface area contributed by atoms with Crippen LogP contribution in [0.25, 0.3) is 11.0 Å². The van der Waals surface area contributed by atoms with Gasteiger partial charge in [-0.25, -0.2) is 9.00 Å². The standard InChI is InChI=1S/C10H13ClN4O4S/c1-13-8-7(9(16)14(2)10(13)17)6-15(12-8)20(18)19-5-3-4-11/h6H,3-5H2,1-2H3. The van der Waals surface area contributed by atoms with Crippen molar-refractivity contribution in [2.75, 3.05) is 12.5 Å². The molecule has 0 aromatic carbocycles. The number of hydrogen-bond donors (Lipinski definition) is 0. The lowest BCUT2D eigenvalue weighted by Crippen LogP contribution is -2.36. The molecule has 2 rings (SSSR count). The topological polar surface area (TPSA) is 88.1 Å². The lowest BCUT2D eigenvalue weighted by molar-refractivity contribution is 0.342. The summed E-state index contributed by atoms with van der Waals surface area (Å²) in [4.78, 5) is 23.7. The van der Waals surface area contributed by atoms with E-state index < -0.39 is 22.5 Å². The fourth-order valence-electron chi connectivity index (χ4n) is 1.64. The van der Waals surface area contributed by atoms with Crippen molar-refractivity contribution in [3.63, 3.8) is 0 Å². The molecule has 10 heteroatoms. The van der Waals surface area contributed by atoms with E-state index in [1.165, 1.54) is 24.9 Å². The van der Waals surface area contributed by atoms with E-state index in [-0.39, 0.29) is 17.6 Å². The van der Waals surface area contributed by atoms with Gasteiger partial charge >= 0.3 is 5.69 Å². The molecule has 20 heavy (non-hydrogen) atoms. The summed E-state index contributed by atoms with van der Waals surface area (Å²) in [5, 5.41) is 4.16. The fourth-order valence-corrected chi connectivity index (χ4v) is 2.45. The third-order valence-electron chi connectivity index (χ3n) is 2.72. The molecular formula is C10H13ClN4O4S. The minimum Gasteiger partial charge on any atom is -0.279 e. The molecule has 0 fully saturated rings. The van der Waals surface area contributed by atoms with Crippen molar-refractivity contribution < 1.29 is 8.39 Å². The fraction of sp³-hybridized carbons (Fsp3) is 0.500. The summed E-state index contributed by atoms with van der Waals surface area (Å²) < 4.78 is 20.1. The Hall–Kier alpha value is -1.45. The molecule has 1 unspecified atom stereocenters. The van der Waals surface area contributed by atoms with Gasteiger partial charge in [-0.15, -0.1) is 16.7 Å². The number of aromatic nitrogens is 4. The molecule has 0 saturated heterocycles. The summed E-state index contributed by atoms with van der Waals surface area (Å²) in [5.41, 5.74) is -0.832. The van der Waals surface area contributed by atoms with Gasteiger partial charge in [0.05, 0.1) is 12.8 Å². The predicted octanol–water partition coefficient (Wildman–Crippen LogP) is -0.494. The maximum Gasteiger partial charge on any atom is 0.332 e. The van der Waals surface area contributed by atoms with Gasteiger partial charge in [0.1, 0.15) is 5.39 Å². The van der Waals surface area contributed by atoms with Crippen molar-refractivity contribution in [3.8, 4) is 0 Å². The van der Waals surface area contributed by atoms with Crippen LogP contribution in [0.15, 0.2) is 15.8 Å². The van der Waals surface area contributed by atoms with Gasteiger partial charge in [-0.3, -0.25) is 18.1 Å². The van der Waals surface area contributed by atoms with Crippen molar-refractivity contribution in [1.29, 1.82) is 0 Å². The molecule has 2 heterocycles. The van der Waals surface area contributed by atoms with Crippen molar-refractivity contribution in [1.82, 2.24) is 18.3 Å². The van der Waals surface area contributed by atoms with Crippen LogP contribution >= 0.6 is 11.6 Å². The van der Waals surface area contributed by atoms with Crippen LogP contribution < -0.4 is 11.2 Å². The number of hydrogen-bond acceptors (Lipinski definition) is 5. The van der Waals surface area contributed by atoms with Gasteiger partial charge in [0.2, 0.25) is 0 Å². The van der Waals surface area contributed by atoms with Gasteiger partial charge in [0.25, 0.3) is 16.8 Å². The first kappa shape index (κ1) is 14.9. The highest BCUT2D eigenvalue weighted by molar-refractivity contribution is 7.78. The first-order chi connectivity index (χ1) is 9.47. The zero-order valence-electron chi connectivity index (χ0n) is 10.9. The number of rotatable bonds is 5. The Kier molecular flexibility index (Phi) is 4.41. The largest absolute Gasteiger partial charge is 0.332 e. The summed E-state index contributed by atoms with van der Waals surface area (Å²) in [6.45, 7) is 0.212. The second-order valence-corrected chi connectivity index (χ2v) is 5.48. The van der Waals surface area contributed by atoms with E-state index in [2.05, 4.69) is 5.10 Å². The summed E-state index contributed by atoms with van der Waals surface area (Å²) in [5.74, 6) is 0.396. The highest BCUT2D eigenvalue weighted by atomic mass is 35.5. The van der Waals surface area contributed by atoms with E-state index in [0.717, 1.165) is 8.65 Å². The first-order valence-corrected chi connectivity index (χ1v) is 7.31. The van der Waals surface area contributed by atoms with Crippen molar-refractivity contribution in [3.05, 3.63) is 27.0 Å². The number of aryl methyl sites for hydroxylation is 1. The summed E-state index contributed by atoms with van der Waals surface area (Å²) in [6, 6.07) is 0. The SMILES string of the molecule is Cn1c(=O)c2cn(S(=O)OCCCCl)nc2n(C)c1=O. The molecule has 0 aliphatic carbocycles. The van der Waals surface area contributed by atoms with Crippen LogP contribution in [0.3, 0.4) is 0 Å². The van der Waals surface area contributed by atoms with Crippen LogP contribution in [0.1, 0.15) is 6.42 Å². The third-order valence-corrected chi connectivity index (χ3v) is 3.84. The van der Waals surface area contributed by atoms with E-state index in [1.54, 1.807) is 0 Å². The number of halogens is 1. The minimum absolute atomic E-state index is 0.160. The Morgan fingerprint density at radius 1 is 1.35 bits per heavy atom. The Labute approximate surface area is 121 Å². The van der Waals surface area contributed by atoms with Crippen LogP contribution in [0.4, 0.5) is 0 Å². The van der Waals surface area contributed by atoms with E-state index in [4.69, 9.17) is 15.8 Å². The van der Waals surface area contributed by atoms with Gasteiger partial charge in [-0.2, -0.15) is 4.09 Å². The van der Waals surface area contributed by atoms with Crippen LogP contribution in [-0.4, -0.2) is 35.0 Å². The van der Waals surface area contributed by atoms with Gasteiger partial charge in [0, 0.05) is 20.0 Å². The minimum atomic E-state index is -1.86. The second kappa shape index (κ2) is 5.90. The molecule has 8 nitrogen and oxygen atoms in total. The quantitative estimate of drug-likeness (QED) is 0.548. The van der Waals surface area contributed by atoms with Gasteiger partial charge < -0.3 is 0 Å². The molecule has 0 radical (unpaired) electrons. The van der Waals surface area contributed by atoms with Gasteiger partial charge in [-0.05, 0) is 6.42 Å². The van der Waals surface area contributed by atoms with Crippen LogP contribution in [0, 0.1) is 0 Å². The first-order valence-electron chi connectivity index (χ1n) is 5.74. The number of fused-ring (bicyclic) bond motifs is 1. The predicted molar refractivity (Wildman–Crippen MR) is 75.0 cm³/mol. The van der Waals surface area contributed by atoms with Gasteiger partial charge in [0.15, 0.2) is 5.65 Å². The summed E-state index contributed by atoms with van der Waals surface area (Å²) in [6.07, 6.45) is 1.85. The molecule has 2 aromatic rings. The Balaban J connectivity index is 2.47. The Bertz CT molecular complexity index is 778. The average molecular weight is 321 g/mol. The molecule has 110 valence electrons. The molecule has 0 amide bonds. The van der Waals surface area contributed by atoms with E-state index >= 15 is 0 Å². The van der Waals surface area contributed by atoms with E-state index in [1.807, 2.05) is 0 Å². The number of alkyl halides is 1. The normalized spacial score (nSPS) is 12.9. The molecule has 2 aromatic heterocycles. The molecule has 0 aliphatic heterocycles. The van der Waals surface area contributed by atoms with Crippen molar-refractivity contribution in [2.24, 2.45) is 14.1 Å². The Morgan fingerprint density at radius 2 is 2.05 bits per heavy atom. The van der Waals surface area contributed by atoms with E-state index in [9.17, 15) is 13.8 Å². The lowest BCUT2D eigenvalue weighted by Gasteiger charge is -2.01. The van der Waals surface area contributed by atoms with Gasteiger partial charge in [-0.1, -0.05) is 0 Å². The Morgan fingerprint density at radius 3 is 2.70 bits per heavy atom. The molecule has 0 spiro atoms. The lowest BCUT2D eigenvalue weighted by atomic mass is 10.4. The number of nitrogens with zero attached hydrogens (tertiary/aromatic N) is 4. The monoisotopic (exact) mass is 320 g/mol. The van der Waals surface area contributed by atoms with Crippen LogP contribution in [0.2, 0.25) is 0 Å². The second-order valence-electron chi connectivity index (χ2n) is 4.06. The molecular weight excluding hydrogens is 308 g/mol. The zero-order valence-corrected chi connectivity index (χ0v) is 12.5. The maximum atomic E-state index is 11.9. The summed E-state index contributed by atoms with van der Waals surface area (Å²) in [7, 11) is 2.86. The van der Waals surface area contributed by atoms with Crippen LogP contribution in [-0.2, 0) is 29.5 Å². The smallest absolute Gasteiger partial charge is 0.279 e. The highest BCUT2D eigenvalue weighted by Gasteiger charge is 2.15.